The number of allylic oxidation sites excluding steroid dienone is 1. The molecule has 0 unspecified atom stereocenters. The van der Waals surface area contributed by atoms with Crippen molar-refractivity contribution in [1.29, 1.82) is 0 Å². The number of anilines is 1. The minimum Gasteiger partial charge on any atom is -0.495 e. The SMILES string of the molecule is COc1c(C(=O)NC2(CCOCc3ccccc3)CC2)ccc(N)c1C(=[NH2+])/C=C/c1ccc(F)cc1. The van der Waals surface area contributed by atoms with Gasteiger partial charge < -0.3 is 20.5 Å². The van der Waals surface area contributed by atoms with Gasteiger partial charge in [-0.05, 0) is 60.7 Å². The zero-order valence-electron chi connectivity index (χ0n) is 20.3. The lowest BCUT2D eigenvalue weighted by molar-refractivity contribution is -0.111. The molecule has 0 saturated heterocycles. The van der Waals surface area contributed by atoms with E-state index < -0.39 is 0 Å². The highest BCUT2D eigenvalue weighted by Gasteiger charge is 2.44. The van der Waals surface area contributed by atoms with Gasteiger partial charge >= 0.3 is 0 Å². The first-order valence-electron chi connectivity index (χ1n) is 11.9. The monoisotopic (exact) mass is 488 g/mol. The van der Waals surface area contributed by atoms with Crippen LogP contribution in [0.5, 0.6) is 5.75 Å². The number of hydrogen-bond donors (Lipinski definition) is 3. The molecule has 1 amide bonds. The maximum atomic E-state index is 13.3. The Hall–Kier alpha value is -3.97. The Morgan fingerprint density at radius 2 is 1.83 bits per heavy atom. The summed E-state index contributed by atoms with van der Waals surface area (Å²) in [5.41, 5.74) is 9.35. The second kappa shape index (κ2) is 11.2. The molecule has 0 atom stereocenters. The summed E-state index contributed by atoms with van der Waals surface area (Å²) >= 11 is 0. The third-order valence-corrected chi connectivity index (χ3v) is 6.32. The van der Waals surface area contributed by atoms with Crippen LogP contribution in [0.2, 0.25) is 0 Å². The molecule has 36 heavy (non-hydrogen) atoms. The number of carbonyl (C=O) groups is 1. The van der Waals surface area contributed by atoms with Crippen molar-refractivity contribution < 1.29 is 24.1 Å². The Kier molecular flexibility index (Phi) is 7.80. The molecular weight excluding hydrogens is 457 g/mol. The van der Waals surface area contributed by atoms with Crippen molar-refractivity contribution in [3.05, 3.63) is 101 Å². The van der Waals surface area contributed by atoms with E-state index in [2.05, 4.69) is 5.32 Å². The molecule has 0 aliphatic heterocycles. The number of nitrogens with one attached hydrogen (secondary N) is 1. The van der Waals surface area contributed by atoms with E-state index in [1.165, 1.54) is 19.2 Å². The van der Waals surface area contributed by atoms with Crippen LogP contribution in [0.3, 0.4) is 0 Å². The lowest BCUT2D eigenvalue weighted by Gasteiger charge is -2.19. The second-order valence-electron chi connectivity index (χ2n) is 8.97. The van der Waals surface area contributed by atoms with Crippen molar-refractivity contribution in [2.24, 2.45) is 0 Å². The van der Waals surface area contributed by atoms with Gasteiger partial charge in [-0.15, -0.1) is 0 Å². The van der Waals surface area contributed by atoms with E-state index in [1.807, 2.05) is 30.3 Å². The summed E-state index contributed by atoms with van der Waals surface area (Å²) in [6.45, 7) is 1.09. The number of methoxy groups -OCH3 is 1. The van der Waals surface area contributed by atoms with E-state index in [4.69, 9.17) is 20.6 Å². The number of nitrogen functional groups attached to an aromatic ring is 1. The topological polar surface area (TPSA) is 99.2 Å². The largest absolute Gasteiger partial charge is 0.495 e. The van der Waals surface area contributed by atoms with Crippen LogP contribution in [0.15, 0.2) is 72.8 Å². The third-order valence-electron chi connectivity index (χ3n) is 6.32. The first kappa shape index (κ1) is 25.1. The highest BCUT2D eigenvalue weighted by atomic mass is 19.1. The van der Waals surface area contributed by atoms with E-state index in [-0.39, 0.29) is 17.3 Å². The minimum absolute atomic E-state index is 0.246. The quantitative estimate of drug-likeness (QED) is 0.218. The van der Waals surface area contributed by atoms with Gasteiger partial charge in [0.1, 0.15) is 17.1 Å². The molecule has 1 saturated carbocycles. The average molecular weight is 489 g/mol. The van der Waals surface area contributed by atoms with Crippen LogP contribution >= 0.6 is 0 Å². The molecule has 3 aromatic rings. The lowest BCUT2D eigenvalue weighted by atomic mass is 10.00. The number of nitrogens with two attached hydrogens (primary N) is 2. The smallest absolute Gasteiger partial charge is 0.255 e. The number of ether oxygens (including phenoxy) is 2. The normalized spacial score (nSPS) is 13.9. The predicted molar refractivity (Wildman–Crippen MR) is 139 cm³/mol. The highest BCUT2D eigenvalue weighted by Crippen LogP contribution is 2.40. The van der Waals surface area contributed by atoms with E-state index in [1.54, 1.807) is 36.4 Å². The van der Waals surface area contributed by atoms with Gasteiger partial charge in [0.25, 0.3) is 5.91 Å². The van der Waals surface area contributed by atoms with Crippen LogP contribution in [0.1, 0.15) is 46.3 Å². The van der Waals surface area contributed by atoms with Gasteiger partial charge in [0, 0.05) is 23.9 Å². The van der Waals surface area contributed by atoms with Gasteiger partial charge in [-0.25, -0.2) is 4.39 Å². The molecule has 1 aliphatic carbocycles. The lowest BCUT2D eigenvalue weighted by Crippen LogP contribution is -2.40. The molecule has 1 aliphatic rings. The number of rotatable bonds is 11. The van der Waals surface area contributed by atoms with E-state index in [9.17, 15) is 9.18 Å². The summed E-state index contributed by atoms with van der Waals surface area (Å²) in [6, 6.07) is 19.3. The summed E-state index contributed by atoms with van der Waals surface area (Å²) < 4.78 is 24.6. The minimum atomic E-state index is -0.315. The fourth-order valence-corrected chi connectivity index (χ4v) is 4.06. The Labute approximate surface area is 210 Å². The molecule has 5 N–H and O–H groups in total. The van der Waals surface area contributed by atoms with Gasteiger partial charge in [0.2, 0.25) is 5.71 Å². The molecule has 0 spiro atoms. The number of carbonyl (C=O) groups excluding carboxylic acids is 1. The maximum Gasteiger partial charge on any atom is 0.255 e. The van der Waals surface area contributed by atoms with Crippen LogP contribution in [-0.2, 0) is 11.3 Å². The van der Waals surface area contributed by atoms with Crippen molar-refractivity contribution in [2.45, 2.75) is 31.4 Å². The fraction of sp³-hybridized carbons (Fsp3) is 0.241. The molecule has 0 bridgehead atoms. The van der Waals surface area contributed by atoms with E-state index in [0.29, 0.717) is 41.5 Å². The molecule has 6 nitrogen and oxygen atoms in total. The Bertz CT molecular complexity index is 1250. The molecule has 0 aromatic heterocycles. The molecule has 1 fully saturated rings. The van der Waals surface area contributed by atoms with Crippen molar-refractivity contribution >= 4 is 23.4 Å². The van der Waals surface area contributed by atoms with E-state index in [0.717, 1.165) is 30.4 Å². The van der Waals surface area contributed by atoms with E-state index >= 15 is 0 Å². The van der Waals surface area contributed by atoms with Gasteiger partial charge in [0.15, 0.2) is 0 Å². The summed E-state index contributed by atoms with van der Waals surface area (Å²) in [6.07, 6.45) is 5.92. The van der Waals surface area contributed by atoms with Crippen molar-refractivity contribution in [3.8, 4) is 5.75 Å². The molecule has 0 radical (unpaired) electrons. The van der Waals surface area contributed by atoms with Gasteiger partial charge in [-0.3, -0.25) is 10.2 Å². The predicted octanol–water partition coefficient (Wildman–Crippen LogP) is 3.55. The number of benzene rings is 3. The number of halogens is 1. The van der Waals surface area contributed by atoms with Crippen LogP contribution < -0.4 is 21.2 Å². The zero-order chi connectivity index (χ0) is 25.5. The first-order chi connectivity index (χ1) is 17.4. The summed E-state index contributed by atoms with van der Waals surface area (Å²) in [5.74, 6) is -0.251. The molecule has 7 heteroatoms. The first-order valence-corrected chi connectivity index (χ1v) is 11.9. The molecule has 0 heterocycles. The van der Waals surface area contributed by atoms with Crippen LogP contribution in [-0.4, -0.2) is 30.9 Å². The van der Waals surface area contributed by atoms with Gasteiger partial charge in [-0.2, -0.15) is 0 Å². The third kappa shape index (κ3) is 6.17. The van der Waals surface area contributed by atoms with Crippen LogP contribution in [0.4, 0.5) is 10.1 Å². The summed E-state index contributed by atoms with van der Waals surface area (Å²) in [7, 11) is 1.48. The Balaban J connectivity index is 1.43. The maximum absolute atomic E-state index is 13.3. The Morgan fingerprint density at radius 1 is 1.11 bits per heavy atom. The van der Waals surface area contributed by atoms with Crippen molar-refractivity contribution in [2.75, 3.05) is 19.5 Å². The van der Waals surface area contributed by atoms with Gasteiger partial charge in [0.05, 0.1) is 19.3 Å². The highest BCUT2D eigenvalue weighted by molar-refractivity contribution is 6.14. The average Bonchev–Trinajstić information content (AvgIpc) is 3.65. The van der Waals surface area contributed by atoms with Crippen molar-refractivity contribution in [1.82, 2.24) is 5.32 Å². The second-order valence-corrected chi connectivity index (χ2v) is 8.97. The zero-order valence-corrected chi connectivity index (χ0v) is 20.3. The number of amides is 1. The summed E-state index contributed by atoms with van der Waals surface area (Å²) in [4.78, 5) is 13.3. The fourth-order valence-electron chi connectivity index (χ4n) is 4.06. The van der Waals surface area contributed by atoms with Gasteiger partial charge in [-0.1, -0.05) is 42.5 Å². The molecule has 186 valence electrons. The Morgan fingerprint density at radius 3 is 2.50 bits per heavy atom. The molecule has 4 rings (SSSR count). The molecular formula is C29H31FN3O3+. The van der Waals surface area contributed by atoms with Crippen LogP contribution in [0.25, 0.3) is 6.08 Å². The standard InChI is InChI=1S/C29H30FN3O3/c1-35-27-23(12-14-25(32)26(27)24(31)13-9-20-7-10-22(30)11-8-20)28(34)33-29(15-16-29)17-18-36-19-21-5-3-2-4-6-21/h2-14,31H,15-19,32H2,1H3,(H,33,34)/p+1/b13-9+,31-24?. The number of hydrogen-bond acceptors (Lipinski definition) is 4. The van der Waals surface area contributed by atoms with Crippen LogP contribution in [0, 0.1) is 5.82 Å². The summed E-state index contributed by atoms with van der Waals surface area (Å²) in [5, 5.41) is 9.50. The van der Waals surface area contributed by atoms with Crippen molar-refractivity contribution in [3.63, 3.8) is 0 Å². The molecule has 3 aromatic carbocycles.